The average molecular weight is 241 g/mol. The van der Waals surface area contributed by atoms with Crippen molar-refractivity contribution < 1.29 is 8.42 Å². The molecule has 0 aliphatic heterocycles. The number of rotatable bonds is 6. The van der Waals surface area contributed by atoms with Crippen LogP contribution >= 0.6 is 0 Å². The Balaban J connectivity index is 2.28. The molecule has 1 rings (SSSR count). The third-order valence-corrected chi connectivity index (χ3v) is 3.47. The first-order valence-electron chi connectivity index (χ1n) is 5.52. The van der Waals surface area contributed by atoms with Crippen LogP contribution in [-0.2, 0) is 16.4 Å². The Labute approximate surface area is 97.7 Å². The fourth-order valence-corrected chi connectivity index (χ4v) is 2.30. The number of hydrogen-bond donors (Lipinski definition) is 1. The molecule has 0 aliphatic carbocycles. The fourth-order valence-electron chi connectivity index (χ4n) is 1.57. The van der Waals surface area contributed by atoms with E-state index in [-0.39, 0.29) is 5.75 Å². The fraction of sp³-hybridized carbons (Fsp3) is 0.500. The van der Waals surface area contributed by atoms with E-state index in [1.54, 1.807) is 0 Å². The van der Waals surface area contributed by atoms with Gasteiger partial charge in [-0.05, 0) is 30.7 Å². The molecule has 90 valence electrons. The van der Waals surface area contributed by atoms with Gasteiger partial charge in [-0.3, -0.25) is 0 Å². The Hall–Kier alpha value is -0.870. The van der Waals surface area contributed by atoms with E-state index in [2.05, 4.69) is 19.1 Å². The summed E-state index contributed by atoms with van der Waals surface area (Å²) in [6, 6.07) is 10.2. The lowest BCUT2D eigenvalue weighted by Crippen LogP contribution is -2.18. The van der Waals surface area contributed by atoms with Crippen molar-refractivity contribution in [2.24, 2.45) is 11.1 Å². The van der Waals surface area contributed by atoms with Gasteiger partial charge in [-0.15, -0.1) is 0 Å². The van der Waals surface area contributed by atoms with Gasteiger partial charge in [0.15, 0.2) is 0 Å². The van der Waals surface area contributed by atoms with Gasteiger partial charge in [-0.2, -0.15) is 0 Å². The summed E-state index contributed by atoms with van der Waals surface area (Å²) >= 11 is 0. The first-order valence-corrected chi connectivity index (χ1v) is 7.23. The third-order valence-electron chi connectivity index (χ3n) is 2.66. The minimum absolute atomic E-state index is 0.0863. The first-order chi connectivity index (χ1) is 7.47. The molecular weight excluding hydrogens is 222 g/mol. The largest absolute Gasteiger partial charge is 0.229 e. The molecule has 16 heavy (non-hydrogen) atoms. The average Bonchev–Trinajstić information content (AvgIpc) is 2.24. The van der Waals surface area contributed by atoms with E-state index in [4.69, 9.17) is 5.14 Å². The summed E-state index contributed by atoms with van der Waals surface area (Å²) < 4.78 is 21.6. The van der Waals surface area contributed by atoms with Crippen LogP contribution in [0.2, 0.25) is 0 Å². The van der Waals surface area contributed by atoms with Gasteiger partial charge in [-0.25, -0.2) is 13.6 Å². The second-order valence-electron chi connectivity index (χ2n) is 4.29. The van der Waals surface area contributed by atoms with Crippen LogP contribution in [0, 0.1) is 5.92 Å². The number of hydrogen-bond acceptors (Lipinski definition) is 2. The van der Waals surface area contributed by atoms with Gasteiger partial charge in [0.25, 0.3) is 0 Å². The Bertz CT molecular complexity index is 400. The summed E-state index contributed by atoms with van der Waals surface area (Å²) in [6.07, 6.45) is 2.64. The van der Waals surface area contributed by atoms with E-state index in [0.717, 1.165) is 12.8 Å². The number of primary sulfonamides is 1. The molecule has 1 aromatic carbocycles. The van der Waals surface area contributed by atoms with Gasteiger partial charge >= 0.3 is 0 Å². The molecule has 0 bridgehead atoms. The molecule has 0 fully saturated rings. The minimum atomic E-state index is -3.30. The number of aryl methyl sites for hydroxylation is 1. The third kappa shape index (κ3) is 5.88. The summed E-state index contributed by atoms with van der Waals surface area (Å²) in [5, 5.41) is 4.96. The van der Waals surface area contributed by atoms with Crippen LogP contribution in [0.1, 0.15) is 25.3 Å². The van der Waals surface area contributed by atoms with Gasteiger partial charge in [0.1, 0.15) is 0 Å². The van der Waals surface area contributed by atoms with Crippen LogP contribution in [0.25, 0.3) is 0 Å². The van der Waals surface area contributed by atoms with E-state index in [1.807, 2.05) is 18.2 Å². The highest BCUT2D eigenvalue weighted by molar-refractivity contribution is 7.89. The molecule has 4 heteroatoms. The van der Waals surface area contributed by atoms with Crippen LogP contribution in [-0.4, -0.2) is 14.2 Å². The van der Waals surface area contributed by atoms with Crippen LogP contribution in [0.3, 0.4) is 0 Å². The van der Waals surface area contributed by atoms with E-state index in [0.29, 0.717) is 12.3 Å². The zero-order valence-corrected chi connectivity index (χ0v) is 10.4. The smallest absolute Gasteiger partial charge is 0.209 e. The molecule has 2 N–H and O–H groups in total. The molecule has 0 saturated heterocycles. The Morgan fingerprint density at radius 2 is 1.81 bits per heavy atom. The van der Waals surface area contributed by atoms with Crippen LogP contribution in [0.4, 0.5) is 0 Å². The monoisotopic (exact) mass is 241 g/mol. The zero-order valence-electron chi connectivity index (χ0n) is 9.59. The molecule has 0 amide bonds. The van der Waals surface area contributed by atoms with Crippen LogP contribution in [0.15, 0.2) is 30.3 Å². The molecule has 0 saturated carbocycles. The minimum Gasteiger partial charge on any atom is -0.229 e. The predicted octanol–water partition coefficient (Wildman–Crippen LogP) is 1.93. The topological polar surface area (TPSA) is 60.2 Å². The van der Waals surface area contributed by atoms with E-state index in [1.165, 1.54) is 5.56 Å². The summed E-state index contributed by atoms with van der Waals surface area (Å²) in [4.78, 5) is 0. The van der Waals surface area contributed by atoms with Crippen molar-refractivity contribution in [2.75, 3.05) is 5.75 Å². The second-order valence-corrected chi connectivity index (χ2v) is 6.02. The first kappa shape index (κ1) is 13.2. The standard InChI is InChI=1S/C12H19NO2S/c1-11(9-10-16(13,14)15)7-8-12-5-3-2-4-6-12/h2-6,11H,7-10H2,1H3,(H2,13,14,15). The van der Waals surface area contributed by atoms with Crippen molar-refractivity contribution in [3.8, 4) is 0 Å². The lowest BCUT2D eigenvalue weighted by molar-refractivity contribution is 0.510. The van der Waals surface area contributed by atoms with Crippen molar-refractivity contribution in [3.05, 3.63) is 35.9 Å². The summed E-state index contributed by atoms with van der Waals surface area (Å²) in [5.74, 6) is 0.474. The molecule has 0 spiro atoms. The molecule has 1 atom stereocenters. The molecule has 3 nitrogen and oxygen atoms in total. The molecule has 0 aliphatic rings. The Morgan fingerprint density at radius 1 is 1.19 bits per heavy atom. The SMILES string of the molecule is CC(CCc1ccccc1)CCS(N)(=O)=O. The maximum absolute atomic E-state index is 10.8. The van der Waals surface area contributed by atoms with Crippen molar-refractivity contribution in [1.82, 2.24) is 0 Å². The normalized spacial score (nSPS) is 13.6. The number of nitrogens with two attached hydrogens (primary N) is 1. The number of benzene rings is 1. The highest BCUT2D eigenvalue weighted by atomic mass is 32.2. The maximum atomic E-state index is 10.8. The van der Waals surface area contributed by atoms with E-state index in [9.17, 15) is 8.42 Å². The van der Waals surface area contributed by atoms with Gasteiger partial charge in [0.05, 0.1) is 5.75 Å². The Kier molecular flexibility index (Phi) is 4.96. The van der Waals surface area contributed by atoms with Crippen molar-refractivity contribution >= 4 is 10.0 Å². The van der Waals surface area contributed by atoms with E-state index < -0.39 is 10.0 Å². The zero-order chi connectivity index (χ0) is 12.0. The van der Waals surface area contributed by atoms with Gasteiger partial charge in [0.2, 0.25) is 10.0 Å². The molecule has 0 aromatic heterocycles. The number of sulfonamides is 1. The maximum Gasteiger partial charge on any atom is 0.209 e. The Morgan fingerprint density at radius 3 is 2.38 bits per heavy atom. The van der Waals surface area contributed by atoms with Crippen molar-refractivity contribution in [2.45, 2.75) is 26.2 Å². The highest BCUT2D eigenvalue weighted by Crippen LogP contribution is 2.13. The molecule has 1 unspecified atom stereocenters. The summed E-state index contributed by atoms with van der Waals surface area (Å²) in [5.41, 5.74) is 1.30. The quantitative estimate of drug-likeness (QED) is 0.827. The van der Waals surface area contributed by atoms with Gasteiger partial charge in [0, 0.05) is 0 Å². The van der Waals surface area contributed by atoms with Crippen molar-refractivity contribution in [1.29, 1.82) is 0 Å². The lowest BCUT2D eigenvalue weighted by atomic mass is 9.99. The van der Waals surface area contributed by atoms with Crippen LogP contribution < -0.4 is 5.14 Å². The molecular formula is C12H19NO2S. The van der Waals surface area contributed by atoms with Crippen molar-refractivity contribution in [3.63, 3.8) is 0 Å². The van der Waals surface area contributed by atoms with Crippen LogP contribution in [0.5, 0.6) is 0 Å². The lowest BCUT2D eigenvalue weighted by Gasteiger charge is -2.10. The van der Waals surface area contributed by atoms with Gasteiger partial charge in [-0.1, -0.05) is 37.3 Å². The molecule has 1 aromatic rings. The molecule has 0 heterocycles. The summed E-state index contributed by atoms with van der Waals surface area (Å²) in [7, 11) is -3.30. The predicted molar refractivity (Wildman–Crippen MR) is 66.5 cm³/mol. The van der Waals surface area contributed by atoms with E-state index >= 15 is 0 Å². The molecule has 0 radical (unpaired) electrons. The van der Waals surface area contributed by atoms with Gasteiger partial charge < -0.3 is 0 Å². The highest BCUT2D eigenvalue weighted by Gasteiger charge is 2.08. The second kappa shape index (κ2) is 6.01. The summed E-state index contributed by atoms with van der Waals surface area (Å²) in [6.45, 7) is 2.06.